The lowest BCUT2D eigenvalue weighted by atomic mass is 10.0. The van der Waals surface area contributed by atoms with Gasteiger partial charge in [0.05, 0.1) is 16.8 Å². The van der Waals surface area contributed by atoms with Crippen molar-refractivity contribution in [3.63, 3.8) is 0 Å². The third-order valence-electron chi connectivity index (χ3n) is 5.63. The SMILES string of the molecule is CCCC(CCC)N1CCc2nn(-c3ccc(Cl)cc3C)c3nc(C)nc1c23. The van der Waals surface area contributed by atoms with Crippen LogP contribution in [0.3, 0.4) is 0 Å². The molecule has 1 aromatic carbocycles. The first kappa shape index (κ1) is 19.2. The summed E-state index contributed by atoms with van der Waals surface area (Å²) in [6, 6.07) is 6.44. The molecule has 1 aliphatic heterocycles. The van der Waals surface area contributed by atoms with Crippen molar-refractivity contribution in [2.75, 3.05) is 11.4 Å². The van der Waals surface area contributed by atoms with Crippen LogP contribution in [0.15, 0.2) is 18.2 Å². The van der Waals surface area contributed by atoms with Crippen LogP contribution < -0.4 is 4.90 Å². The zero-order chi connectivity index (χ0) is 19.8. The predicted molar refractivity (Wildman–Crippen MR) is 116 cm³/mol. The molecule has 0 N–H and O–H groups in total. The van der Waals surface area contributed by atoms with E-state index >= 15 is 0 Å². The number of nitrogens with zero attached hydrogens (tertiary/aromatic N) is 5. The highest BCUT2D eigenvalue weighted by Gasteiger charge is 2.30. The van der Waals surface area contributed by atoms with Crippen molar-refractivity contribution in [3.8, 4) is 5.69 Å². The number of benzene rings is 1. The zero-order valence-electron chi connectivity index (χ0n) is 17.2. The first-order valence-corrected chi connectivity index (χ1v) is 10.7. The molecule has 0 aliphatic carbocycles. The van der Waals surface area contributed by atoms with Crippen LogP contribution in [0.2, 0.25) is 5.02 Å². The molecular weight excluding hydrogens is 370 g/mol. The van der Waals surface area contributed by atoms with Crippen LogP contribution in [-0.4, -0.2) is 32.3 Å². The van der Waals surface area contributed by atoms with E-state index in [1.54, 1.807) is 0 Å². The second-order valence-corrected chi connectivity index (χ2v) is 8.19. The third kappa shape index (κ3) is 3.26. The minimum atomic E-state index is 0.529. The molecule has 0 spiro atoms. The summed E-state index contributed by atoms with van der Waals surface area (Å²) in [5, 5.41) is 6.80. The fourth-order valence-corrected chi connectivity index (χ4v) is 4.62. The van der Waals surface area contributed by atoms with E-state index in [9.17, 15) is 0 Å². The average molecular weight is 398 g/mol. The van der Waals surface area contributed by atoms with Gasteiger partial charge in [-0.3, -0.25) is 0 Å². The smallest absolute Gasteiger partial charge is 0.169 e. The monoisotopic (exact) mass is 397 g/mol. The average Bonchev–Trinajstić information content (AvgIpc) is 3.01. The first-order chi connectivity index (χ1) is 13.5. The minimum Gasteiger partial charge on any atom is -0.353 e. The quantitative estimate of drug-likeness (QED) is 0.557. The summed E-state index contributed by atoms with van der Waals surface area (Å²) in [6.45, 7) is 9.54. The molecule has 0 unspecified atom stereocenters. The Morgan fingerprint density at radius 3 is 2.54 bits per heavy atom. The Morgan fingerprint density at radius 2 is 1.86 bits per heavy atom. The van der Waals surface area contributed by atoms with Gasteiger partial charge in [-0.25, -0.2) is 14.6 Å². The van der Waals surface area contributed by atoms with Crippen LogP contribution in [-0.2, 0) is 6.42 Å². The Hall–Kier alpha value is -2.14. The van der Waals surface area contributed by atoms with Gasteiger partial charge in [0, 0.05) is 24.0 Å². The highest BCUT2D eigenvalue weighted by Crippen LogP contribution is 2.36. The number of rotatable bonds is 6. The van der Waals surface area contributed by atoms with Gasteiger partial charge in [-0.15, -0.1) is 0 Å². The highest BCUT2D eigenvalue weighted by molar-refractivity contribution is 6.30. The highest BCUT2D eigenvalue weighted by atomic mass is 35.5. The Morgan fingerprint density at radius 1 is 1.11 bits per heavy atom. The Bertz CT molecular complexity index is 1000. The summed E-state index contributed by atoms with van der Waals surface area (Å²) < 4.78 is 1.98. The van der Waals surface area contributed by atoms with Crippen LogP contribution in [0, 0.1) is 13.8 Å². The zero-order valence-corrected chi connectivity index (χ0v) is 17.9. The second kappa shape index (κ2) is 7.70. The molecule has 5 nitrogen and oxygen atoms in total. The number of halogens is 1. The van der Waals surface area contributed by atoms with Crippen molar-refractivity contribution in [1.29, 1.82) is 0 Å². The van der Waals surface area contributed by atoms with Crippen molar-refractivity contribution in [3.05, 3.63) is 40.3 Å². The summed E-state index contributed by atoms with van der Waals surface area (Å²) in [5.74, 6) is 1.86. The maximum Gasteiger partial charge on any atom is 0.169 e. The fourth-order valence-electron chi connectivity index (χ4n) is 4.39. The van der Waals surface area contributed by atoms with E-state index in [1.807, 2.05) is 29.8 Å². The second-order valence-electron chi connectivity index (χ2n) is 7.76. The van der Waals surface area contributed by atoms with Crippen molar-refractivity contribution in [1.82, 2.24) is 19.7 Å². The molecule has 0 saturated carbocycles. The maximum atomic E-state index is 6.17. The summed E-state index contributed by atoms with van der Waals surface area (Å²) in [4.78, 5) is 12.2. The molecule has 0 radical (unpaired) electrons. The van der Waals surface area contributed by atoms with Crippen molar-refractivity contribution >= 4 is 28.5 Å². The molecule has 3 heterocycles. The van der Waals surface area contributed by atoms with Gasteiger partial charge in [0.1, 0.15) is 11.6 Å². The van der Waals surface area contributed by atoms with Crippen LogP contribution in [0.5, 0.6) is 0 Å². The molecule has 28 heavy (non-hydrogen) atoms. The molecule has 148 valence electrons. The summed E-state index contributed by atoms with van der Waals surface area (Å²) in [5.41, 5.74) is 4.12. The minimum absolute atomic E-state index is 0.529. The first-order valence-electron chi connectivity index (χ1n) is 10.3. The van der Waals surface area contributed by atoms with E-state index in [4.69, 9.17) is 26.7 Å². The molecule has 6 heteroatoms. The van der Waals surface area contributed by atoms with Gasteiger partial charge in [0.15, 0.2) is 5.65 Å². The van der Waals surface area contributed by atoms with Crippen molar-refractivity contribution in [2.24, 2.45) is 0 Å². The van der Waals surface area contributed by atoms with Gasteiger partial charge in [-0.05, 0) is 50.5 Å². The van der Waals surface area contributed by atoms with Crippen LogP contribution in [0.25, 0.3) is 16.7 Å². The van der Waals surface area contributed by atoms with Gasteiger partial charge >= 0.3 is 0 Å². The maximum absolute atomic E-state index is 6.17. The Labute approximate surface area is 171 Å². The van der Waals surface area contributed by atoms with Crippen molar-refractivity contribution < 1.29 is 0 Å². The van der Waals surface area contributed by atoms with Crippen LogP contribution in [0.4, 0.5) is 5.82 Å². The third-order valence-corrected chi connectivity index (χ3v) is 5.86. The van der Waals surface area contributed by atoms with E-state index in [0.717, 1.165) is 57.6 Å². The molecule has 0 fully saturated rings. The number of hydrogen-bond donors (Lipinski definition) is 0. The Balaban J connectivity index is 1.90. The summed E-state index contributed by atoms with van der Waals surface area (Å²) in [6.07, 6.45) is 5.69. The fraction of sp³-hybridized carbons (Fsp3) is 0.500. The van der Waals surface area contributed by atoms with Gasteiger partial charge in [-0.1, -0.05) is 38.3 Å². The topological polar surface area (TPSA) is 46.8 Å². The molecule has 3 aromatic rings. The van der Waals surface area contributed by atoms with E-state index in [0.29, 0.717) is 6.04 Å². The number of aromatic nitrogens is 4. The number of aryl methyl sites for hydroxylation is 2. The molecule has 0 atom stereocenters. The van der Waals surface area contributed by atoms with E-state index in [-0.39, 0.29) is 0 Å². The molecule has 1 aliphatic rings. The molecule has 2 aromatic heterocycles. The summed E-state index contributed by atoms with van der Waals surface area (Å²) in [7, 11) is 0. The van der Waals surface area contributed by atoms with Gasteiger partial charge < -0.3 is 4.90 Å². The van der Waals surface area contributed by atoms with Crippen LogP contribution >= 0.6 is 11.6 Å². The summed E-state index contributed by atoms with van der Waals surface area (Å²) >= 11 is 6.17. The molecular formula is C22H28ClN5. The lowest BCUT2D eigenvalue weighted by Crippen LogP contribution is -2.39. The van der Waals surface area contributed by atoms with Gasteiger partial charge in [-0.2, -0.15) is 5.10 Å². The predicted octanol–water partition coefficient (Wildman–Crippen LogP) is 5.42. The van der Waals surface area contributed by atoms with Crippen LogP contribution in [0.1, 0.15) is 56.6 Å². The standard InChI is InChI=1S/C22H28ClN5/c1-5-7-17(8-6-2)27-12-11-18-20-21(27)24-15(4)25-22(20)28(26-18)19-10-9-16(23)13-14(19)3/h9-10,13,17H,5-8,11-12H2,1-4H3. The number of hydrogen-bond acceptors (Lipinski definition) is 4. The van der Waals surface area contributed by atoms with Crippen molar-refractivity contribution in [2.45, 2.75) is 65.8 Å². The number of anilines is 1. The Kier molecular flexibility index (Phi) is 5.28. The normalized spacial score (nSPS) is 13.7. The van der Waals surface area contributed by atoms with E-state index in [2.05, 4.69) is 25.7 Å². The van der Waals surface area contributed by atoms with Gasteiger partial charge in [0.25, 0.3) is 0 Å². The lowest BCUT2D eigenvalue weighted by Gasteiger charge is -2.35. The molecule has 0 saturated heterocycles. The molecule has 4 rings (SSSR count). The largest absolute Gasteiger partial charge is 0.353 e. The molecule has 0 amide bonds. The lowest BCUT2D eigenvalue weighted by molar-refractivity contribution is 0.497. The molecule has 0 bridgehead atoms. The van der Waals surface area contributed by atoms with E-state index < -0.39 is 0 Å². The van der Waals surface area contributed by atoms with E-state index in [1.165, 1.54) is 25.7 Å². The van der Waals surface area contributed by atoms with Gasteiger partial charge in [0.2, 0.25) is 0 Å².